The van der Waals surface area contributed by atoms with Crippen LogP contribution < -0.4 is 16.0 Å². The van der Waals surface area contributed by atoms with Crippen LogP contribution in [0.1, 0.15) is 79.6 Å². The molecule has 0 spiro atoms. The van der Waals surface area contributed by atoms with E-state index < -0.39 is 5.41 Å². The highest BCUT2D eigenvalue weighted by atomic mass is 16.2. The molecule has 3 N–H and O–H groups in total. The van der Waals surface area contributed by atoms with E-state index >= 15 is 0 Å². The third kappa shape index (κ3) is 5.17. The van der Waals surface area contributed by atoms with Gasteiger partial charge in [-0.15, -0.1) is 0 Å². The van der Waals surface area contributed by atoms with Gasteiger partial charge in [0.2, 0.25) is 17.7 Å². The van der Waals surface area contributed by atoms with Gasteiger partial charge in [0.1, 0.15) is 0 Å². The second-order valence-electron chi connectivity index (χ2n) is 8.88. The van der Waals surface area contributed by atoms with E-state index in [1.54, 1.807) is 32.0 Å². The Morgan fingerprint density at radius 3 is 1.76 bits per heavy atom. The van der Waals surface area contributed by atoms with E-state index in [9.17, 15) is 14.4 Å². The van der Waals surface area contributed by atoms with Crippen LogP contribution in [-0.2, 0) is 14.4 Å². The Labute approximate surface area is 174 Å². The minimum absolute atomic E-state index is 0.0464. The van der Waals surface area contributed by atoms with Crippen molar-refractivity contribution in [3.05, 3.63) is 18.2 Å². The fourth-order valence-corrected chi connectivity index (χ4v) is 4.08. The van der Waals surface area contributed by atoms with Crippen LogP contribution in [0.15, 0.2) is 18.2 Å². The Balaban J connectivity index is 2.45. The van der Waals surface area contributed by atoms with Crippen LogP contribution in [0.25, 0.3) is 0 Å². The molecule has 0 heterocycles. The van der Waals surface area contributed by atoms with Crippen LogP contribution in [-0.4, -0.2) is 17.7 Å². The van der Waals surface area contributed by atoms with Crippen LogP contribution >= 0.6 is 0 Å². The fraction of sp³-hybridized carbons (Fsp3) is 0.609. The van der Waals surface area contributed by atoms with E-state index in [1.807, 2.05) is 0 Å². The molecular weight excluding hydrogens is 366 g/mol. The van der Waals surface area contributed by atoms with Crippen molar-refractivity contribution in [2.45, 2.75) is 79.6 Å². The first-order valence-electron chi connectivity index (χ1n) is 10.7. The van der Waals surface area contributed by atoms with Gasteiger partial charge in [0, 0.05) is 12.8 Å². The highest BCUT2D eigenvalue weighted by Gasteiger charge is 2.48. The zero-order valence-electron chi connectivity index (χ0n) is 18.4. The van der Waals surface area contributed by atoms with E-state index in [2.05, 4.69) is 36.7 Å². The summed E-state index contributed by atoms with van der Waals surface area (Å²) in [4.78, 5) is 37.7. The molecule has 6 nitrogen and oxygen atoms in total. The van der Waals surface area contributed by atoms with E-state index in [1.165, 1.54) is 0 Å². The number of benzene rings is 1. The lowest BCUT2D eigenvalue weighted by atomic mass is 9.59. The highest BCUT2D eigenvalue weighted by molar-refractivity contribution is 6.07. The highest BCUT2D eigenvalue weighted by Crippen LogP contribution is 2.50. The van der Waals surface area contributed by atoms with Crippen molar-refractivity contribution >= 4 is 34.8 Å². The lowest BCUT2D eigenvalue weighted by Crippen LogP contribution is -2.47. The summed E-state index contributed by atoms with van der Waals surface area (Å²) in [6, 6.07) is 5.25. The molecule has 1 aromatic carbocycles. The summed E-state index contributed by atoms with van der Waals surface area (Å²) < 4.78 is 0. The Kier molecular flexibility index (Phi) is 7.44. The lowest BCUT2D eigenvalue weighted by molar-refractivity contribution is -0.135. The van der Waals surface area contributed by atoms with Crippen LogP contribution in [0.5, 0.6) is 0 Å². The average Bonchev–Trinajstić information content (AvgIpc) is 2.69. The molecule has 160 valence electrons. The Morgan fingerprint density at radius 2 is 1.34 bits per heavy atom. The van der Waals surface area contributed by atoms with Crippen LogP contribution in [0.2, 0.25) is 0 Å². The summed E-state index contributed by atoms with van der Waals surface area (Å²) in [5.41, 5.74) is 0.763. The molecule has 0 aromatic heterocycles. The zero-order valence-corrected chi connectivity index (χ0v) is 18.4. The number of hydrogen-bond acceptors (Lipinski definition) is 3. The Morgan fingerprint density at radius 1 is 0.862 bits per heavy atom. The third-order valence-electron chi connectivity index (χ3n) is 6.07. The molecule has 0 radical (unpaired) electrons. The number of nitrogens with one attached hydrogen (secondary N) is 3. The molecule has 0 atom stereocenters. The molecule has 0 unspecified atom stereocenters. The number of hydrogen-bond donors (Lipinski definition) is 3. The number of anilines is 3. The molecule has 0 saturated heterocycles. The Bertz CT molecular complexity index is 723. The van der Waals surface area contributed by atoms with Crippen molar-refractivity contribution in [3.8, 4) is 0 Å². The average molecular weight is 402 g/mol. The first-order valence-corrected chi connectivity index (χ1v) is 10.7. The van der Waals surface area contributed by atoms with Gasteiger partial charge >= 0.3 is 0 Å². The van der Waals surface area contributed by atoms with Crippen molar-refractivity contribution < 1.29 is 14.4 Å². The molecule has 29 heavy (non-hydrogen) atoms. The minimum atomic E-state index is -0.487. The minimum Gasteiger partial charge on any atom is -0.324 e. The zero-order chi connectivity index (χ0) is 21.7. The summed E-state index contributed by atoms with van der Waals surface area (Å²) in [6.45, 7) is 9.88. The first-order chi connectivity index (χ1) is 13.6. The van der Waals surface area contributed by atoms with Crippen molar-refractivity contribution in [1.82, 2.24) is 0 Å². The molecule has 3 amide bonds. The molecule has 1 aromatic rings. The van der Waals surface area contributed by atoms with Crippen molar-refractivity contribution in [1.29, 1.82) is 0 Å². The summed E-state index contributed by atoms with van der Waals surface area (Å²) in [5.74, 6) is -0.347. The largest absolute Gasteiger partial charge is 0.324 e. The van der Waals surface area contributed by atoms with Gasteiger partial charge in [-0.25, -0.2) is 0 Å². The molecule has 1 aliphatic rings. The lowest BCUT2D eigenvalue weighted by Gasteiger charge is -2.46. The number of amides is 3. The van der Waals surface area contributed by atoms with Crippen molar-refractivity contribution in [2.75, 3.05) is 16.0 Å². The Hall–Kier alpha value is -2.37. The maximum Gasteiger partial charge on any atom is 0.231 e. The maximum absolute atomic E-state index is 13.6. The quantitative estimate of drug-likeness (QED) is 0.603. The number of rotatable bonds is 6. The van der Waals surface area contributed by atoms with Crippen LogP contribution in [0, 0.1) is 10.8 Å². The van der Waals surface area contributed by atoms with Gasteiger partial charge in [-0.3, -0.25) is 14.4 Å². The molecule has 6 heteroatoms. The topological polar surface area (TPSA) is 87.3 Å². The van der Waals surface area contributed by atoms with Gasteiger partial charge in [-0.05, 0) is 30.4 Å². The summed E-state index contributed by atoms with van der Waals surface area (Å²) in [5, 5.41) is 8.78. The summed E-state index contributed by atoms with van der Waals surface area (Å²) in [7, 11) is 0. The van der Waals surface area contributed by atoms with E-state index in [-0.39, 0.29) is 23.1 Å². The molecule has 2 rings (SSSR count). The summed E-state index contributed by atoms with van der Waals surface area (Å²) in [6.07, 6.45) is 5.52. The maximum atomic E-state index is 13.6. The summed E-state index contributed by atoms with van der Waals surface area (Å²) >= 11 is 0. The first kappa shape index (κ1) is 22.9. The van der Waals surface area contributed by atoms with Gasteiger partial charge in [-0.2, -0.15) is 0 Å². The monoisotopic (exact) mass is 401 g/mol. The van der Waals surface area contributed by atoms with Gasteiger partial charge in [0.15, 0.2) is 0 Å². The van der Waals surface area contributed by atoms with E-state index in [4.69, 9.17) is 0 Å². The number of para-hydroxylation sites is 1. The molecular formula is C23H35N3O3. The van der Waals surface area contributed by atoms with Gasteiger partial charge in [0.25, 0.3) is 0 Å². The molecule has 0 aliphatic heterocycles. The smallest absolute Gasteiger partial charge is 0.231 e. The predicted octanol–water partition coefficient (Wildman–Crippen LogP) is 5.32. The third-order valence-corrected chi connectivity index (χ3v) is 6.07. The predicted molar refractivity (Wildman–Crippen MR) is 118 cm³/mol. The standard InChI is InChI=1S/C23H35N3O3/c1-6-18(27)24-16-12-11-13-17(25-19(28)7-2)20(16)26-21(29)23(22(3,4)5)14-9-8-10-15-23/h11-13H,6-10,14-15H2,1-5H3,(H,24,27)(H,25,28)(H,26,29). The molecule has 1 aliphatic carbocycles. The van der Waals surface area contributed by atoms with Crippen molar-refractivity contribution in [3.63, 3.8) is 0 Å². The number of carbonyl (C=O) groups excluding carboxylic acids is 3. The molecule has 0 bridgehead atoms. The normalized spacial score (nSPS) is 16.0. The van der Waals surface area contributed by atoms with Crippen LogP contribution in [0.4, 0.5) is 17.1 Å². The molecule has 1 fully saturated rings. The van der Waals surface area contributed by atoms with Crippen LogP contribution in [0.3, 0.4) is 0 Å². The van der Waals surface area contributed by atoms with E-state index in [0.29, 0.717) is 29.9 Å². The van der Waals surface area contributed by atoms with Gasteiger partial charge in [-0.1, -0.05) is 59.9 Å². The van der Waals surface area contributed by atoms with Gasteiger partial charge < -0.3 is 16.0 Å². The second-order valence-corrected chi connectivity index (χ2v) is 8.88. The fourth-order valence-electron chi connectivity index (χ4n) is 4.08. The second kappa shape index (κ2) is 9.42. The molecule has 1 saturated carbocycles. The van der Waals surface area contributed by atoms with Gasteiger partial charge in [0.05, 0.1) is 22.5 Å². The van der Waals surface area contributed by atoms with Crippen molar-refractivity contribution in [2.24, 2.45) is 10.8 Å². The van der Waals surface area contributed by atoms with E-state index in [0.717, 1.165) is 32.1 Å². The SMILES string of the molecule is CCC(=O)Nc1cccc(NC(=O)CC)c1NC(=O)C1(C(C)(C)C)CCCCC1. The number of carbonyl (C=O) groups is 3.